The summed E-state index contributed by atoms with van der Waals surface area (Å²) in [6.45, 7) is 2.00. The summed E-state index contributed by atoms with van der Waals surface area (Å²) in [5.41, 5.74) is 3.31. The van der Waals surface area contributed by atoms with Gasteiger partial charge in [0.25, 0.3) is 5.91 Å². The standard InChI is InChI=1S/C11H13N5O2/c1-7-4-14-10(18-7)6-15-11(17)8-5-13-3-2-9(8)16-12/h2-5H,6,12H2,1H3,(H,13,16)(H,15,17). The molecule has 2 heterocycles. The van der Waals surface area contributed by atoms with E-state index in [0.29, 0.717) is 22.9 Å². The monoisotopic (exact) mass is 247 g/mol. The van der Waals surface area contributed by atoms with Gasteiger partial charge in [0.15, 0.2) is 0 Å². The minimum absolute atomic E-state index is 0.214. The number of aromatic nitrogens is 2. The molecular formula is C11H13N5O2. The Labute approximate surface area is 103 Å². The summed E-state index contributed by atoms with van der Waals surface area (Å²) in [6, 6.07) is 1.62. The van der Waals surface area contributed by atoms with Gasteiger partial charge in [-0.05, 0) is 13.0 Å². The highest BCUT2D eigenvalue weighted by Crippen LogP contribution is 2.11. The smallest absolute Gasteiger partial charge is 0.255 e. The molecule has 2 aromatic heterocycles. The Morgan fingerprint density at radius 1 is 1.50 bits per heavy atom. The second-order valence-corrected chi connectivity index (χ2v) is 3.61. The van der Waals surface area contributed by atoms with E-state index >= 15 is 0 Å². The van der Waals surface area contributed by atoms with E-state index in [9.17, 15) is 4.79 Å². The maximum atomic E-state index is 11.9. The largest absolute Gasteiger partial charge is 0.444 e. The van der Waals surface area contributed by atoms with Gasteiger partial charge in [0.1, 0.15) is 5.76 Å². The molecule has 0 fully saturated rings. The Hall–Kier alpha value is -2.41. The molecule has 0 saturated carbocycles. The van der Waals surface area contributed by atoms with Gasteiger partial charge in [-0.2, -0.15) is 0 Å². The molecule has 0 aliphatic rings. The molecule has 2 rings (SSSR count). The Kier molecular flexibility index (Phi) is 3.54. The average Bonchev–Trinajstić information content (AvgIpc) is 2.81. The summed E-state index contributed by atoms with van der Waals surface area (Å²) < 4.78 is 5.24. The number of nitrogens with two attached hydrogens (primary N) is 1. The molecular weight excluding hydrogens is 234 g/mol. The highest BCUT2D eigenvalue weighted by atomic mass is 16.4. The van der Waals surface area contributed by atoms with Crippen molar-refractivity contribution in [3.05, 3.63) is 41.9 Å². The van der Waals surface area contributed by atoms with Crippen molar-refractivity contribution in [2.75, 3.05) is 5.43 Å². The van der Waals surface area contributed by atoms with Crippen molar-refractivity contribution >= 4 is 11.6 Å². The van der Waals surface area contributed by atoms with E-state index in [4.69, 9.17) is 10.3 Å². The zero-order valence-corrected chi connectivity index (χ0v) is 9.80. The second-order valence-electron chi connectivity index (χ2n) is 3.61. The minimum atomic E-state index is -0.299. The number of hydrazine groups is 1. The van der Waals surface area contributed by atoms with Crippen LogP contribution in [0.15, 0.2) is 29.1 Å². The number of carbonyl (C=O) groups excluding carboxylic acids is 1. The number of nitrogen functional groups attached to an aromatic ring is 1. The number of hydrogen-bond acceptors (Lipinski definition) is 6. The van der Waals surface area contributed by atoms with Crippen molar-refractivity contribution < 1.29 is 9.21 Å². The molecule has 0 radical (unpaired) electrons. The number of rotatable bonds is 4. The molecule has 94 valence electrons. The second kappa shape index (κ2) is 5.28. The number of nitrogens with zero attached hydrogens (tertiary/aromatic N) is 2. The average molecular weight is 247 g/mol. The van der Waals surface area contributed by atoms with Crippen LogP contribution in [-0.4, -0.2) is 15.9 Å². The van der Waals surface area contributed by atoms with Gasteiger partial charge in [-0.1, -0.05) is 0 Å². The number of oxazole rings is 1. The molecule has 0 saturated heterocycles. The molecule has 7 heteroatoms. The lowest BCUT2D eigenvalue weighted by molar-refractivity contribution is 0.0947. The molecule has 0 aromatic carbocycles. The van der Waals surface area contributed by atoms with E-state index in [1.165, 1.54) is 6.20 Å². The van der Waals surface area contributed by atoms with E-state index in [1.807, 2.05) is 0 Å². The third-order valence-electron chi connectivity index (χ3n) is 2.29. The van der Waals surface area contributed by atoms with Crippen molar-refractivity contribution in [1.82, 2.24) is 15.3 Å². The predicted octanol–water partition coefficient (Wildman–Crippen LogP) is 0.594. The van der Waals surface area contributed by atoms with Crippen molar-refractivity contribution in [2.24, 2.45) is 5.84 Å². The molecule has 0 atom stereocenters. The normalized spacial score (nSPS) is 10.1. The zero-order valence-electron chi connectivity index (χ0n) is 9.80. The van der Waals surface area contributed by atoms with Crippen LogP contribution in [0.5, 0.6) is 0 Å². The molecule has 0 bridgehead atoms. The summed E-state index contributed by atoms with van der Waals surface area (Å²) >= 11 is 0. The Morgan fingerprint density at radius 3 is 3.00 bits per heavy atom. The van der Waals surface area contributed by atoms with Crippen molar-refractivity contribution in [3.8, 4) is 0 Å². The highest BCUT2D eigenvalue weighted by Gasteiger charge is 2.11. The highest BCUT2D eigenvalue weighted by molar-refractivity contribution is 5.99. The SMILES string of the molecule is Cc1cnc(CNC(=O)c2cnccc2NN)o1. The molecule has 18 heavy (non-hydrogen) atoms. The molecule has 4 N–H and O–H groups in total. The van der Waals surface area contributed by atoms with E-state index in [-0.39, 0.29) is 12.5 Å². The van der Waals surface area contributed by atoms with Crippen LogP contribution in [0.25, 0.3) is 0 Å². The van der Waals surface area contributed by atoms with E-state index in [1.54, 1.807) is 25.4 Å². The third kappa shape index (κ3) is 2.64. The number of amides is 1. The van der Waals surface area contributed by atoms with Crippen LogP contribution in [0, 0.1) is 6.92 Å². The fourth-order valence-electron chi connectivity index (χ4n) is 1.44. The number of nitrogens with one attached hydrogen (secondary N) is 2. The Balaban J connectivity index is 2.03. The van der Waals surface area contributed by atoms with E-state index < -0.39 is 0 Å². The van der Waals surface area contributed by atoms with Gasteiger partial charge in [0.05, 0.1) is 24.0 Å². The van der Waals surface area contributed by atoms with Crippen LogP contribution >= 0.6 is 0 Å². The van der Waals surface area contributed by atoms with Crippen molar-refractivity contribution in [2.45, 2.75) is 13.5 Å². The maximum Gasteiger partial charge on any atom is 0.255 e. The van der Waals surface area contributed by atoms with Crippen LogP contribution in [-0.2, 0) is 6.54 Å². The van der Waals surface area contributed by atoms with Crippen LogP contribution in [0.4, 0.5) is 5.69 Å². The minimum Gasteiger partial charge on any atom is -0.444 e. The summed E-state index contributed by atoms with van der Waals surface area (Å²) in [7, 11) is 0. The summed E-state index contributed by atoms with van der Waals surface area (Å²) in [6.07, 6.45) is 4.58. The summed E-state index contributed by atoms with van der Waals surface area (Å²) in [5.74, 6) is 6.16. The quantitative estimate of drug-likeness (QED) is 0.539. The number of hydrogen-bond donors (Lipinski definition) is 3. The molecule has 2 aromatic rings. The first-order valence-corrected chi connectivity index (χ1v) is 5.31. The number of pyridine rings is 1. The predicted molar refractivity (Wildman–Crippen MR) is 64.5 cm³/mol. The van der Waals surface area contributed by atoms with Crippen LogP contribution in [0.2, 0.25) is 0 Å². The number of carbonyl (C=O) groups is 1. The first-order chi connectivity index (χ1) is 8.70. The van der Waals surface area contributed by atoms with Crippen molar-refractivity contribution in [1.29, 1.82) is 0 Å². The molecule has 7 nitrogen and oxygen atoms in total. The van der Waals surface area contributed by atoms with Gasteiger partial charge in [0, 0.05) is 12.4 Å². The number of anilines is 1. The fourth-order valence-corrected chi connectivity index (χ4v) is 1.44. The topological polar surface area (TPSA) is 106 Å². The maximum absolute atomic E-state index is 11.9. The first-order valence-electron chi connectivity index (χ1n) is 5.31. The van der Waals surface area contributed by atoms with Gasteiger partial charge in [-0.3, -0.25) is 15.6 Å². The molecule has 0 spiro atoms. The molecule has 0 aliphatic heterocycles. The lowest BCUT2D eigenvalue weighted by atomic mass is 10.2. The van der Waals surface area contributed by atoms with Gasteiger partial charge in [0.2, 0.25) is 5.89 Å². The summed E-state index contributed by atoms with van der Waals surface area (Å²) in [4.78, 5) is 19.8. The van der Waals surface area contributed by atoms with E-state index in [2.05, 4.69) is 20.7 Å². The van der Waals surface area contributed by atoms with Crippen LogP contribution in [0.1, 0.15) is 22.0 Å². The zero-order chi connectivity index (χ0) is 13.0. The molecule has 1 amide bonds. The third-order valence-corrected chi connectivity index (χ3v) is 2.29. The van der Waals surface area contributed by atoms with Crippen LogP contribution < -0.4 is 16.6 Å². The van der Waals surface area contributed by atoms with Gasteiger partial charge in [-0.15, -0.1) is 0 Å². The van der Waals surface area contributed by atoms with Crippen molar-refractivity contribution in [3.63, 3.8) is 0 Å². The number of aryl methyl sites for hydroxylation is 1. The van der Waals surface area contributed by atoms with E-state index in [0.717, 1.165) is 0 Å². The Morgan fingerprint density at radius 2 is 2.33 bits per heavy atom. The van der Waals surface area contributed by atoms with Gasteiger partial charge in [-0.25, -0.2) is 4.98 Å². The van der Waals surface area contributed by atoms with Crippen LogP contribution in [0.3, 0.4) is 0 Å². The fraction of sp³-hybridized carbons (Fsp3) is 0.182. The summed E-state index contributed by atoms with van der Waals surface area (Å²) in [5, 5.41) is 2.67. The van der Waals surface area contributed by atoms with Gasteiger partial charge >= 0.3 is 0 Å². The lowest BCUT2D eigenvalue weighted by Gasteiger charge is -2.07. The first kappa shape index (κ1) is 12.1. The lowest BCUT2D eigenvalue weighted by Crippen LogP contribution is -2.25. The Bertz CT molecular complexity index is 552. The molecule has 0 aliphatic carbocycles. The molecule has 0 unspecified atom stereocenters. The van der Waals surface area contributed by atoms with Gasteiger partial charge < -0.3 is 15.2 Å².